The fourth-order valence-corrected chi connectivity index (χ4v) is 2.75. The largest absolute Gasteiger partial charge is 0.462 e. The molecule has 2 aromatic heterocycles. The van der Waals surface area contributed by atoms with Gasteiger partial charge in [0.05, 0.1) is 35.6 Å². The van der Waals surface area contributed by atoms with Crippen LogP contribution in [0.2, 0.25) is 0 Å². The molecule has 6 nitrogen and oxygen atoms in total. The van der Waals surface area contributed by atoms with Gasteiger partial charge in [-0.25, -0.2) is 14.8 Å². The van der Waals surface area contributed by atoms with E-state index < -0.39 is 5.97 Å². The van der Waals surface area contributed by atoms with E-state index in [1.54, 1.807) is 30.5 Å². The van der Waals surface area contributed by atoms with Crippen LogP contribution in [0, 0.1) is 6.92 Å². The first-order valence-corrected chi connectivity index (χ1v) is 7.44. The minimum atomic E-state index is -0.430. The number of ether oxygens (including phenoxy) is 1. The molecule has 21 heavy (non-hydrogen) atoms. The van der Waals surface area contributed by atoms with Gasteiger partial charge in [-0.2, -0.15) is 0 Å². The standard InChI is InChI=1S/C14H18N4O2S/c1-4-20-14(19)10-5-6-16-13(12(10)15)18(3)7-11-9(2)17-8-21-11/h5-6,8H,4,7,15H2,1-3H3. The number of thiazole rings is 1. The third kappa shape index (κ3) is 3.30. The minimum absolute atomic E-state index is 0.311. The maximum absolute atomic E-state index is 11.9. The zero-order chi connectivity index (χ0) is 15.4. The van der Waals surface area contributed by atoms with Gasteiger partial charge in [0.25, 0.3) is 0 Å². The molecule has 0 aliphatic carbocycles. The number of hydrogen-bond donors (Lipinski definition) is 1. The van der Waals surface area contributed by atoms with Gasteiger partial charge in [-0.1, -0.05) is 0 Å². The zero-order valence-electron chi connectivity index (χ0n) is 12.3. The molecule has 0 spiro atoms. The maximum atomic E-state index is 11.9. The predicted molar refractivity (Wildman–Crippen MR) is 83.6 cm³/mol. The third-order valence-electron chi connectivity index (χ3n) is 3.05. The van der Waals surface area contributed by atoms with Gasteiger partial charge in [0.1, 0.15) is 0 Å². The van der Waals surface area contributed by atoms with Crippen molar-refractivity contribution < 1.29 is 9.53 Å². The van der Waals surface area contributed by atoms with Gasteiger partial charge >= 0.3 is 5.97 Å². The topological polar surface area (TPSA) is 81.3 Å². The highest BCUT2D eigenvalue weighted by molar-refractivity contribution is 7.09. The molecule has 0 saturated carbocycles. The van der Waals surface area contributed by atoms with Crippen LogP contribution in [0.1, 0.15) is 27.9 Å². The van der Waals surface area contributed by atoms with E-state index in [1.807, 2.05) is 24.4 Å². The predicted octanol–water partition coefficient (Wildman–Crippen LogP) is 2.24. The van der Waals surface area contributed by atoms with Crippen LogP contribution in [-0.4, -0.2) is 29.6 Å². The molecule has 0 saturated heterocycles. The van der Waals surface area contributed by atoms with Crippen LogP contribution in [0.3, 0.4) is 0 Å². The molecule has 0 atom stereocenters. The summed E-state index contributed by atoms with van der Waals surface area (Å²) in [6.07, 6.45) is 1.56. The summed E-state index contributed by atoms with van der Waals surface area (Å²) in [4.78, 5) is 23.4. The quantitative estimate of drug-likeness (QED) is 0.853. The lowest BCUT2D eigenvalue weighted by Gasteiger charge is -2.20. The molecule has 2 heterocycles. The second-order valence-corrected chi connectivity index (χ2v) is 5.47. The van der Waals surface area contributed by atoms with Gasteiger partial charge in [0.15, 0.2) is 5.82 Å². The van der Waals surface area contributed by atoms with E-state index in [-0.39, 0.29) is 0 Å². The Labute approximate surface area is 127 Å². The monoisotopic (exact) mass is 306 g/mol. The number of anilines is 2. The Kier molecular flexibility index (Phi) is 4.74. The van der Waals surface area contributed by atoms with Gasteiger partial charge in [-0.05, 0) is 19.9 Å². The van der Waals surface area contributed by atoms with Crippen molar-refractivity contribution >= 4 is 28.8 Å². The van der Waals surface area contributed by atoms with Crippen LogP contribution in [0.15, 0.2) is 17.8 Å². The first-order valence-electron chi connectivity index (χ1n) is 6.56. The molecular formula is C14H18N4O2S. The van der Waals surface area contributed by atoms with Gasteiger partial charge in [-0.3, -0.25) is 0 Å². The molecule has 2 N–H and O–H groups in total. The summed E-state index contributed by atoms with van der Waals surface area (Å²) < 4.78 is 5.00. The molecule has 7 heteroatoms. The lowest BCUT2D eigenvalue weighted by Crippen LogP contribution is -2.20. The molecule has 0 aromatic carbocycles. The molecule has 0 fully saturated rings. The number of pyridine rings is 1. The average Bonchev–Trinajstić information content (AvgIpc) is 2.84. The Morgan fingerprint density at radius 2 is 2.24 bits per heavy atom. The Bertz CT molecular complexity index is 642. The number of hydrogen-bond acceptors (Lipinski definition) is 7. The van der Waals surface area contributed by atoms with E-state index >= 15 is 0 Å². The smallest absolute Gasteiger partial charge is 0.340 e. The molecule has 0 amide bonds. The first-order chi connectivity index (χ1) is 10.0. The van der Waals surface area contributed by atoms with Gasteiger partial charge in [0, 0.05) is 18.1 Å². The van der Waals surface area contributed by atoms with E-state index in [2.05, 4.69) is 9.97 Å². The zero-order valence-corrected chi connectivity index (χ0v) is 13.1. The van der Waals surface area contributed by atoms with Gasteiger partial charge in [-0.15, -0.1) is 11.3 Å². The van der Waals surface area contributed by atoms with Crippen molar-refractivity contribution in [1.29, 1.82) is 0 Å². The Hall–Kier alpha value is -2.15. The van der Waals surface area contributed by atoms with Crippen molar-refractivity contribution in [3.63, 3.8) is 0 Å². The lowest BCUT2D eigenvalue weighted by atomic mass is 10.2. The van der Waals surface area contributed by atoms with Gasteiger partial charge < -0.3 is 15.4 Å². The Morgan fingerprint density at radius 3 is 2.86 bits per heavy atom. The third-order valence-corrected chi connectivity index (χ3v) is 3.97. The van der Waals surface area contributed by atoms with Crippen molar-refractivity contribution in [2.45, 2.75) is 20.4 Å². The highest BCUT2D eigenvalue weighted by Crippen LogP contribution is 2.26. The minimum Gasteiger partial charge on any atom is -0.462 e. The molecule has 0 aliphatic rings. The van der Waals surface area contributed by atoms with Crippen LogP contribution >= 0.6 is 11.3 Å². The van der Waals surface area contributed by atoms with Gasteiger partial charge in [0.2, 0.25) is 0 Å². The number of aryl methyl sites for hydroxylation is 1. The second-order valence-electron chi connectivity index (χ2n) is 4.53. The fourth-order valence-electron chi connectivity index (χ4n) is 1.92. The molecular weight excluding hydrogens is 288 g/mol. The molecule has 0 radical (unpaired) electrons. The molecule has 0 bridgehead atoms. The average molecular weight is 306 g/mol. The Morgan fingerprint density at radius 1 is 1.48 bits per heavy atom. The number of carbonyl (C=O) groups is 1. The van der Waals surface area contributed by atoms with Crippen LogP contribution in [-0.2, 0) is 11.3 Å². The molecule has 0 aliphatic heterocycles. The van der Waals surface area contributed by atoms with E-state index in [0.29, 0.717) is 30.2 Å². The highest BCUT2D eigenvalue weighted by atomic mass is 32.1. The van der Waals surface area contributed by atoms with Crippen molar-refractivity contribution in [2.24, 2.45) is 0 Å². The van der Waals surface area contributed by atoms with E-state index in [0.717, 1.165) is 10.6 Å². The second kappa shape index (κ2) is 6.53. The van der Waals surface area contributed by atoms with E-state index in [9.17, 15) is 4.79 Å². The maximum Gasteiger partial charge on any atom is 0.340 e. The molecule has 2 aromatic rings. The summed E-state index contributed by atoms with van der Waals surface area (Å²) >= 11 is 1.58. The first kappa shape index (κ1) is 15.2. The number of esters is 1. The lowest BCUT2D eigenvalue weighted by molar-refractivity contribution is 0.0527. The fraction of sp³-hybridized carbons (Fsp3) is 0.357. The van der Waals surface area contributed by atoms with Crippen LogP contribution in [0.5, 0.6) is 0 Å². The van der Waals surface area contributed by atoms with Crippen molar-refractivity contribution in [3.05, 3.63) is 33.9 Å². The Balaban J connectivity index is 2.25. The van der Waals surface area contributed by atoms with Crippen molar-refractivity contribution in [3.8, 4) is 0 Å². The number of carbonyl (C=O) groups excluding carboxylic acids is 1. The van der Waals surface area contributed by atoms with Crippen molar-refractivity contribution in [2.75, 3.05) is 24.3 Å². The molecule has 0 unspecified atom stereocenters. The molecule has 112 valence electrons. The highest BCUT2D eigenvalue weighted by Gasteiger charge is 2.17. The van der Waals surface area contributed by atoms with E-state index in [4.69, 9.17) is 10.5 Å². The number of aromatic nitrogens is 2. The number of rotatable bonds is 5. The van der Waals surface area contributed by atoms with Crippen LogP contribution in [0.4, 0.5) is 11.5 Å². The summed E-state index contributed by atoms with van der Waals surface area (Å²) in [5.41, 5.74) is 9.54. The molecule has 2 rings (SSSR count). The normalized spacial score (nSPS) is 10.4. The van der Waals surface area contributed by atoms with Crippen LogP contribution in [0.25, 0.3) is 0 Å². The SMILES string of the molecule is CCOC(=O)c1ccnc(N(C)Cc2scnc2C)c1N. The van der Waals surface area contributed by atoms with Crippen molar-refractivity contribution in [1.82, 2.24) is 9.97 Å². The van der Waals surface area contributed by atoms with Crippen LogP contribution < -0.4 is 10.6 Å². The number of nitrogens with two attached hydrogens (primary N) is 1. The summed E-state index contributed by atoms with van der Waals surface area (Å²) in [6, 6.07) is 1.57. The summed E-state index contributed by atoms with van der Waals surface area (Å²) in [7, 11) is 1.88. The summed E-state index contributed by atoms with van der Waals surface area (Å²) in [5.74, 6) is 0.134. The summed E-state index contributed by atoms with van der Waals surface area (Å²) in [6.45, 7) is 4.67. The number of nitrogen functional groups attached to an aromatic ring is 1. The van der Waals surface area contributed by atoms with E-state index in [1.165, 1.54) is 0 Å². The number of nitrogens with zero attached hydrogens (tertiary/aromatic N) is 3. The summed E-state index contributed by atoms with van der Waals surface area (Å²) in [5, 5.41) is 0.